The van der Waals surface area contributed by atoms with E-state index in [-0.39, 0.29) is 5.56 Å². The van der Waals surface area contributed by atoms with Gasteiger partial charge >= 0.3 is 6.01 Å². The first-order valence-corrected chi connectivity index (χ1v) is 7.73. The molecule has 0 aromatic carbocycles. The normalized spacial score (nSPS) is 14.6. The Balaban J connectivity index is 1.47. The van der Waals surface area contributed by atoms with Gasteiger partial charge in [0.05, 0.1) is 12.2 Å². The van der Waals surface area contributed by atoms with E-state index in [4.69, 9.17) is 4.52 Å². The molecule has 8 nitrogen and oxygen atoms in total. The Bertz CT molecular complexity index is 898. The van der Waals surface area contributed by atoms with Gasteiger partial charge in [0.25, 0.3) is 5.56 Å². The zero-order chi connectivity index (χ0) is 16.5. The van der Waals surface area contributed by atoms with Gasteiger partial charge in [0.15, 0.2) is 5.82 Å². The first-order chi connectivity index (χ1) is 11.7. The van der Waals surface area contributed by atoms with Crippen LogP contribution in [0.25, 0.3) is 11.3 Å². The number of hydrogen-bond donors (Lipinski definition) is 0. The molecule has 122 valence electrons. The predicted molar refractivity (Wildman–Crippen MR) is 86.5 cm³/mol. The van der Waals surface area contributed by atoms with Gasteiger partial charge in [-0.2, -0.15) is 10.1 Å². The van der Waals surface area contributed by atoms with Crippen LogP contribution in [-0.4, -0.2) is 38.0 Å². The molecule has 1 aliphatic heterocycles. The Morgan fingerprint density at radius 2 is 2.00 bits per heavy atom. The third-order valence-electron chi connectivity index (χ3n) is 4.02. The highest BCUT2D eigenvalue weighted by Crippen LogP contribution is 2.23. The molecule has 0 unspecified atom stereocenters. The summed E-state index contributed by atoms with van der Waals surface area (Å²) < 4.78 is 6.67. The standard InChI is InChI=1S/C16H16N6O2/c1-11-18-16(24-20-11)21-8-12(9-21)10-22-15(23)3-2-14(19-22)13-4-6-17-7-5-13/h2-7,12H,8-10H2,1H3. The fourth-order valence-corrected chi connectivity index (χ4v) is 2.76. The van der Waals surface area contributed by atoms with Crippen LogP contribution in [0, 0.1) is 12.8 Å². The molecule has 3 aromatic heterocycles. The van der Waals surface area contributed by atoms with Crippen molar-refractivity contribution in [3.8, 4) is 11.3 Å². The maximum Gasteiger partial charge on any atom is 0.324 e. The van der Waals surface area contributed by atoms with Gasteiger partial charge in [0.2, 0.25) is 0 Å². The van der Waals surface area contributed by atoms with Crippen molar-refractivity contribution in [1.82, 2.24) is 24.9 Å². The summed E-state index contributed by atoms with van der Waals surface area (Å²) in [5.41, 5.74) is 1.61. The number of anilines is 1. The van der Waals surface area contributed by atoms with Crippen LogP contribution in [0.15, 0.2) is 46.0 Å². The quantitative estimate of drug-likeness (QED) is 0.710. The largest absolute Gasteiger partial charge is 0.324 e. The van der Waals surface area contributed by atoms with Gasteiger partial charge in [0, 0.05) is 43.0 Å². The van der Waals surface area contributed by atoms with E-state index >= 15 is 0 Å². The number of aryl methyl sites for hydroxylation is 1. The SMILES string of the molecule is Cc1noc(N2CC(Cn3nc(-c4ccncc4)ccc3=O)C2)n1. The van der Waals surface area contributed by atoms with Crippen molar-refractivity contribution < 1.29 is 4.52 Å². The summed E-state index contributed by atoms with van der Waals surface area (Å²) in [4.78, 5) is 22.3. The Hall–Kier alpha value is -3.03. The van der Waals surface area contributed by atoms with E-state index in [1.165, 1.54) is 4.68 Å². The van der Waals surface area contributed by atoms with Crippen molar-refractivity contribution in [2.75, 3.05) is 18.0 Å². The van der Waals surface area contributed by atoms with Crippen molar-refractivity contribution in [1.29, 1.82) is 0 Å². The Labute approximate surface area is 137 Å². The maximum absolute atomic E-state index is 12.1. The van der Waals surface area contributed by atoms with E-state index in [2.05, 4.69) is 20.2 Å². The van der Waals surface area contributed by atoms with Gasteiger partial charge in [-0.1, -0.05) is 5.16 Å². The molecule has 24 heavy (non-hydrogen) atoms. The zero-order valence-electron chi connectivity index (χ0n) is 13.2. The molecule has 4 heterocycles. The van der Waals surface area contributed by atoms with E-state index in [0.29, 0.717) is 24.3 Å². The molecule has 1 fully saturated rings. The van der Waals surface area contributed by atoms with Gasteiger partial charge in [-0.25, -0.2) is 4.68 Å². The third kappa shape index (κ3) is 2.78. The lowest BCUT2D eigenvalue weighted by molar-refractivity contribution is 0.304. The molecule has 0 N–H and O–H groups in total. The summed E-state index contributed by atoms with van der Waals surface area (Å²) in [7, 11) is 0. The number of hydrogen-bond acceptors (Lipinski definition) is 7. The first kappa shape index (κ1) is 14.6. The van der Waals surface area contributed by atoms with Crippen molar-refractivity contribution in [2.45, 2.75) is 13.5 Å². The van der Waals surface area contributed by atoms with Crippen LogP contribution in [0.2, 0.25) is 0 Å². The molecule has 0 amide bonds. The lowest BCUT2D eigenvalue weighted by atomic mass is 10.0. The van der Waals surface area contributed by atoms with Crippen LogP contribution >= 0.6 is 0 Å². The third-order valence-corrected chi connectivity index (χ3v) is 4.02. The van der Waals surface area contributed by atoms with Gasteiger partial charge in [-0.15, -0.1) is 0 Å². The van der Waals surface area contributed by atoms with Crippen molar-refractivity contribution in [3.63, 3.8) is 0 Å². The van der Waals surface area contributed by atoms with Crippen molar-refractivity contribution in [3.05, 3.63) is 52.8 Å². The molecule has 3 aromatic rings. The van der Waals surface area contributed by atoms with Crippen LogP contribution in [-0.2, 0) is 6.54 Å². The minimum absolute atomic E-state index is 0.0973. The minimum atomic E-state index is -0.0973. The summed E-state index contributed by atoms with van der Waals surface area (Å²) in [6.07, 6.45) is 3.42. The molecule has 0 atom stereocenters. The summed E-state index contributed by atoms with van der Waals surface area (Å²) in [6, 6.07) is 7.58. The number of rotatable bonds is 4. The fourth-order valence-electron chi connectivity index (χ4n) is 2.76. The Morgan fingerprint density at radius 3 is 2.71 bits per heavy atom. The van der Waals surface area contributed by atoms with Gasteiger partial charge in [-0.05, 0) is 25.1 Å². The second-order valence-corrected chi connectivity index (χ2v) is 5.87. The number of pyridine rings is 1. The highest BCUT2D eigenvalue weighted by atomic mass is 16.5. The second-order valence-electron chi connectivity index (χ2n) is 5.87. The van der Waals surface area contributed by atoms with E-state index in [1.54, 1.807) is 31.5 Å². The van der Waals surface area contributed by atoms with Gasteiger partial charge < -0.3 is 9.42 Å². The fraction of sp³-hybridized carbons (Fsp3) is 0.312. The average Bonchev–Trinajstić information content (AvgIpc) is 2.99. The second kappa shape index (κ2) is 5.88. The Kier molecular flexibility index (Phi) is 3.56. The molecule has 1 saturated heterocycles. The molecule has 0 radical (unpaired) electrons. The van der Waals surface area contributed by atoms with E-state index < -0.39 is 0 Å². The molecular formula is C16H16N6O2. The van der Waals surface area contributed by atoms with Gasteiger partial charge in [0.1, 0.15) is 0 Å². The van der Waals surface area contributed by atoms with Crippen molar-refractivity contribution >= 4 is 6.01 Å². The summed E-state index contributed by atoms with van der Waals surface area (Å²) >= 11 is 0. The van der Waals surface area contributed by atoms with E-state index in [9.17, 15) is 4.79 Å². The van der Waals surface area contributed by atoms with E-state index in [0.717, 1.165) is 24.3 Å². The molecule has 0 bridgehead atoms. The smallest absolute Gasteiger partial charge is 0.324 e. The summed E-state index contributed by atoms with van der Waals surface area (Å²) in [6.45, 7) is 3.91. The lowest BCUT2D eigenvalue weighted by Gasteiger charge is -2.37. The van der Waals surface area contributed by atoms with Crippen LogP contribution in [0.1, 0.15) is 5.82 Å². The molecule has 4 rings (SSSR count). The van der Waals surface area contributed by atoms with Crippen LogP contribution < -0.4 is 10.5 Å². The first-order valence-electron chi connectivity index (χ1n) is 7.73. The average molecular weight is 324 g/mol. The van der Waals surface area contributed by atoms with E-state index in [1.807, 2.05) is 17.0 Å². The Morgan fingerprint density at radius 1 is 1.21 bits per heavy atom. The summed E-state index contributed by atoms with van der Waals surface area (Å²) in [5.74, 6) is 0.950. The number of nitrogens with zero attached hydrogens (tertiary/aromatic N) is 6. The topological polar surface area (TPSA) is 89.9 Å². The molecule has 0 aliphatic carbocycles. The monoisotopic (exact) mass is 324 g/mol. The minimum Gasteiger partial charge on any atom is -0.324 e. The highest BCUT2D eigenvalue weighted by molar-refractivity contribution is 5.57. The molecule has 0 saturated carbocycles. The van der Waals surface area contributed by atoms with Crippen LogP contribution in [0.5, 0.6) is 0 Å². The predicted octanol–water partition coefficient (Wildman–Crippen LogP) is 1.13. The lowest BCUT2D eigenvalue weighted by Crippen LogP contribution is -2.49. The molecular weight excluding hydrogens is 308 g/mol. The highest BCUT2D eigenvalue weighted by Gasteiger charge is 2.31. The van der Waals surface area contributed by atoms with Crippen LogP contribution in [0.3, 0.4) is 0 Å². The van der Waals surface area contributed by atoms with Gasteiger partial charge in [-0.3, -0.25) is 9.78 Å². The summed E-state index contributed by atoms with van der Waals surface area (Å²) in [5, 5.41) is 8.26. The number of aromatic nitrogens is 5. The molecule has 0 spiro atoms. The maximum atomic E-state index is 12.1. The van der Waals surface area contributed by atoms with Crippen molar-refractivity contribution in [2.24, 2.45) is 5.92 Å². The van der Waals surface area contributed by atoms with Crippen LogP contribution in [0.4, 0.5) is 6.01 Å². The molecule has 8 heteroatoms. The molecule has 1 aliphatic rings. The zero-order valence-corrected chi connectivity index (χ0v) is 13.2.